The molecule has 3 aromatic rings. The Hall–Kier alpha value is -3.54. The van der Waals surface area contributed by atoms with Crippen LogP contribution in [0.5, 0.6) is 5.75 Å². The molecule has 0 bridgehead atoms. The number of fused-ring (bicyclic) bond motifs is 1. The zero-order valence-electron chi connectivity index (χ0n) is 21.0. The molecular weight excluding hydrogens is 440 g/mol. The number of nitrogens with zero attached hydrogens (tertiary/aromatic N) is 2. The van der Waals surface area contributed by atoms with Crippen molar-refractivity contribution >= 4 is 11.8 Å². The van der Waals surface area contributed by atoms with Crippen molar-refractivity contribution in [3.8, 4) is 5.75 Å². The van der Waals surface area contributed by atoms with Gasteiger partial charge in [-0.15, -0.1) is 0 Å². The first-order valence-electron chi connectivity index (χ1n) is 12.2. The lowest BCUT2D eigenvalue weighted by atomic mass is 9.87. The van der Waals surface area contributed by atoms with Gasteiger partial charge in [0.05, 0.1) is 18.8 Å². The summed E-state index contributed by atoms with van der Waals surface area (Å²) in [5.74, 6) is 1.67. The predicted molar refractivity (Wildman–Crippen MR) is 135 cm³/mol. The molecule has 2 amide bonds. The van der Waals surface area contributed by atoms with Crippen LogP contribution in [0.4, 0.5) is 0 Å². The van der Waals surface area contributed by atoms with Crippen LogP contribution in [0.15, 0.2) is 65.3 Å². The van der Waals surface area contributed by atoms with Gasteiger partial charge in [-0.2, -0.15) is 0 Å². The second-order valence-corrected chi connectivity index (χ2v) is 9.73. The number of aryl methyl sites for hydroxylation is 1. The summed E-state index contributed by atoms with van der Waals surface area (Å²) in [6, 6.07) is 17.8. The molecule has 4 rings (SSSR count). The molecule has 0 N–H and O–H groups in total. The molecule has 0 radical (unpaired) electrons. The third kappa shape index (κ3) is 5.94. The Kier molecular flexibility index (Phi) is 7.59. The summed E-state index contributed by atoms with van der Waals surface area (Å²) >= 11 is 0. The lowest BCUT2D eigenvalue weighted by molar-refractivity contribution is -0.134. The number of benzene rings is 2. The number of ether oxygens (including phenoxy) is 1. The fraction of sp³-hybridized carbons (Fsp3) is 0.379. The van der Waals surface area contributed by atoms with E-state index in [1.807, 2.05) is 23.1 Å². The van der Waals surface area contributed by atoms with E-state index in [1.54, 1.807) is 24.3 Å². The van der Waals surface area contributed by atoms with Crippen LogP contribution in [-0.4, -0.2) is 41.8 Å². The van der Waals surface area contributed by atoms with Crippen molar-refractivity contribution in [1.82, 2.24) is 9.80 Å². The summed E-state index contributed by atoms with van der Waals surface area (Å²) in [6.45, 7) is 7.22. The van der Waals surface area contributed by atoms with Gasteiger partial charge in [0.15, 0.2) is 6.61 Å². The number of rotatable bonds is 8. The molecule has 1 aliphatic rings. The smallest absolute Gasteiger partial charge is 0.260 e. The van der Waals surface area contributed by atoms with E-state index in [0.29, 0.717) is 31.2 Å². The van der Waals surface area contributed by atoms with Crippen molar-refractivity contribution in [2.24, 2.45) is 5.92 Å². The molecular formula is C29H34N2O4. The minimum absolute atomic E-state index is 0.0683. The standard InChI is InChI=1S/C29H34N2O4/c1-20(2)16-27(32)31-14-13-22-11-12-24(17-26(22)29(31)23-9-7-21(3)8-10-23)35-19-28(33)30(4)18-25-6-5-15-34-25/h5-12,15,17,20,29H,13-14,16,18-19H2,1-4H3. The molecule has 0 fully saturated rings. The maximum absolute atomic E-state index is 13.2. The van der Waals surface area contributed by atoms with Gasteiger partial charge in [0.25, 0.3) is 5.91 Å². The quantitative estimate of drug-likeness (QED) is 0.453. The second-order valence-electron chi connectivity index (χ2n) is 9.73. The highest BCUT2D eigenvalue weighted by Gasteiger charge is 2.32. The van der Waals surface area contributed by atoms with Crippen LogP contribution in [0.3, 0.4) is 0 Å². The number of carbonyl (C=O) groups is 2. The van der Waals surface area contributed by atoms with E-state index in [2.05, 4.69) is 51.1 Å². The van der Waals surface area contributed by atoms with Crippen LogP contribution < -0.4 is 4.74 Å². The number of amides is 2. The first-order chi connectivity index (χ1) is 16.8. The summed E-state index contributed by atoms with van der Waals surface area (Å²) in [7, 11) is 1.73. The molecule has 184 valence electrons. The Morgan fingerprint density at radius 3 is 2.60 bits per heavy atom. The van der Waals surface area contributed by atoms with Crippen molar-refractivity contribution in [1.29, 1.82) is 0 Å². The van der Waals surface area contributed by atoms with Crippen LogP contribution >= 0.6 is 0 Å². The monoisotopic (exact) mass is 474 g/mol. The summed E-state index contributed by atoms with van der Waals surface area (Å²) in [6.07, 6.45) is 2.91. The van der Waals surface area contributed by atoms with Crippen molar-refractivity contribution in [3.05, 3.63) is 88.9 Å². The molecule has 0 saturated carbocycles. The van der Waals surface area contributed by atoms with E-state index >= 15 is 0 Å². The summed E-state index contributed by atoms with van der Waals surface area (Å²) in [5.41, 5.74) is 4.53. The number of likely N-dealkylation sites (N-methyl/N-ethyl adjacent to an activating group) is 1. The Labute approximate surface area is 207 Å². The van der Waals surface area contributed by atoms with Crippen LogP contribution in [0.2, 0.25) is 0 Å². The van der Waals surface area contributed by atoms with Crippen molar-refractivity contribution < 1.29 is 18.7 Å². The first-order valence-corrected chi connectivity index (χ1v) is 12.2. The van der Waals surface area contributed by atoms with Crippen molar-refractivity contribution in [2.45, 2.75) is 46.2 Å². The third-order valence-electron chi connectivity index (χ3n) is 6.40. The number of furan rings is 1. The summed E-state index contributed by atoms with van der Waals surface area (Å²) in [5, 5.41) is 0. The highest BCUT2D eigenvalue weighted by molar-refractivity contribution is 5.78. The average molecular weight is 475 g/mol. The topological polar surface area (TPSA) is 63.0 Å². The van der Waals surface area contributed by atoms with Crippen LogP contribution in [0.1, 0.15) is 54.3 Å². The second kappa shape index (κ2) is 10.8. The van der Waals surface area contributed by atoms with E-state index in [9.17, 15) is 9.59 Å². The largest absolute Gasteiger partial charge is 0.484 e. The zero-order valence-corrected chi connectivity index (χ0v) is 21.0. The normalized spacial score (nSPS) is 15.1. The number of hydrogen-bond acceptors (Lipinski definition) is 4. The Balaban J connectivity index is 1.55. The predicted octanol–water partition coefficient (Wildman–Crippen LogP) is 5.15. The minimum atomic E-state index is -0.175. The Morgan fingerprint density at radius 2 is 1.91 bits per heavy atom. The molecule has 1 atom stereocenters. The van der Waals surface area contributed by atoms with Crippen molar-refractivity contribution in [3.63, 3.8) is 0 Å². The van der Waals surface area contributed by atoms with Gasteiger partial charge in [0.2, 0.25) is 5.91 Å². The molecule has 1 aliphatic heterocycles. The van der Waals surface area contributed by atoms with E-state index in [-0.39, 0.29) is 24.5 Å². The molecule has 0 saturated heterocycles. The van der Waals surface area contributed by atoms with Crippen molar-refractivity contribution in [2.75, 3.05) is 20.2 Å². The molecule has 6 heteroatoms. The van der Waals surface area contributed by atoms with Gasteiger partial charge >= 0.3 is 0 Å². The van der Waals surface area contributed by atoms with Gasteiger partial charge in [-0.05, 0) is 60.2 Å². The lowest BCUT2D eigenvalue weighted by Gasteiger charge is -2.38. The van der Waals surface area contributed by atoms with E-state index < -0.39 is 0 Å². The molecule has 0 spiro atoms. The van der Waals surface area contributed by atoms with Crippen LogP contribution in [0, 0.1) is 12.8 Å². The Bertz CT molecular complexity index is 1150. The van der Waals surface area contributed by atoms with E-state index in [0.717, 1.165) is 23.3 Å². The van der Waals surface area contributed by atoms with Gasteiger partial charge in [-0.3, -0.25) is 9.59 Å². The van der Waals surface area contributed by atoms with E-state index in [1.165, 1.54) is 11.1 Å². The molecule has 1 unspecified atom stereocenters. The van der Waals surface area contributed by atoms with Crippen LogP contribution in [0.25, 0.3) is 0 Å². The molecule has 35 heavy (non-hydrogen) atoms. The number of hydrogen-bond donors (Lipinski definition) is 0. The molecule has 2 heterocycles. The SMILES string of the molecule is Cc1ccc(C2c3cc(OCC(=O)N(C)Cc4ccco4)ccc3CCN2C(=O)CC(C)C)cc1. The molecule has 2 aromatic carbocycles. The Morgan fingerprint density at radius 1 is 1.14 bits per heavy atom. The minimum Gasteiger partial charge on any atom is -0.484 e. The van der Waals surface area contributed by atoms with Gasteiger partial charge in [0, 0.05) is 20.0 Å². The summed E-state index contributed by atoms with van der Waals surface area (Å²) in [4.78, 5) is 29.4. The van der Waals surface area contributed by atoms with Gasteiger partial charge in [-0.1, -0.05) is 49.7 Å². The van der Waals surface area contributed by atoms with Gasteiger partial charge in [-0.25, -0.2) is 0 Å². The zero-order chi connectivity index (χ0) is 24.9. The molecule has 6 nitrogen and oxygen atoms in total. The lowest BCUT2D eigenvalue weighted by Crippen LogP contribution is -2.41. The third-order valence-corrected chi connectivity index (χ3v) is 6.40. The molecule has 0 aliphatic carbocycles. The fourth-order valence-electron chi connectivity index (χ4n) is 4.51. The maximum Gasteiger partial charge on any atom is 0.260 e. The highest BCUT2D eigenvalue weighted by Crippen LogP contribution is 2.38. The fourth-order valence-corrected chi connectivity index (χ4v) is 4.51. The van der Waals surface area contributed by atoms with Gasteiger partial charge < -0.3 is 19.0 Å². The van der Waals surface area contributed by atoms with E-state index in [4.69, 9.17) is 9.15 Å². The molecule has 1 aromatic heterocycles. The first kappa shape index (κ1) is 24.6. The van der Waals surface area contributed by atoms with Crippen LogP contribution in [-0.2, 0) is 22.6 Å². The van der Waals surface area contributed by atoms with Gasteiger partial charge in [0.1, 0.15) is 11.5 Å². The maximum atomic E-state index is 13.2. The number of carbonyl (C=O) groups excluding carboxylic acids is 2. The summed E-state index contributed by atoms with van der Waals surface area (Å²) < 4.78 is 11.2. The average Bonchev–Trinajstić information content (AvgIpc) is 3.34. The highest BCUT2D eigenvalue weighted by atomic mass is 16.5.